The summed E-state index contributed by atoms with van der Waals surface area (Å²) in [5, 5.41) is 4.81. The summed E-state index contributed by atoms with van der Waals surface area (Å²) < 4.78 is 2.30. The maximum absolute atomic E-state index is 12.5. The Labute approximate surface area is 188 Å². The Morgan fingerprint density at radius 3 is 2.52 bits per heavy atom. The van der Waals surface area contributed by atoms with E-state index in [4.69, 9.17) is 16.4 Å². The van der Waals surface area contributed by atoms with Gasteiger partial charge in [-0.25, -0.2) is 4.79 Å². The van der Waals surface area contributed by atoms with E-state index in [2.05, 4.69) is 68.6 Å². The smallest absolute Gasteiger partial charge is 0.318 e. The standard InChI is InChI=1S/C26H27ClN2O2/c1-16-9-10-21(11-17(16)2)29-18(3)12-22-23(14-26(4,5)15-24(22)29)28-31-25(30)19-7-6-8-20(27)13-19/h6-13H,14-15H2,1-5H3/b28-23+. The molecule has 0 aliphatic heterocycles. The first kappa shape index (κ1) is 21.4. The van der Waals surface area contributed by atoms with Gasteiger partial charge in [-0.05, 0) is 86.6 Å². The molecule has 0 bridgehead atoms. The number of fused-ring (bicyclic) bond motifs is 1. The molecule has 1 heterocycles. The molecule has 1 aliphatic rings. The maximum atomic E-state index is 12.5. The van der Waals surface area contributed by atoms with Crippen LogP contribution in [0.1, 0.15) is 58.7 Å². The number of hydrogen-bond acceptors (Lipinski definition) is 3. The molecule has 4 nitrogen and oxygen atoms in total. The third kappa shape index (κ3) is 4.31. The highest BCUT2D eigenvalue weighted by atomic mass is 35.5. The summed E-state index contributed by atoms with van der Waals surface area (Å²) in [6, 6.07) is 15.4. The molecule has 0 spiro atoms. The average molecular weight is 435 g/mol. The molecule has 2 aromatic carbocycles. The molecule has 3 aromatic rings. The Balaban J connectivity index is 1.73. The summed E-state index contributed by atoms with van der Waals surface area (Å²) in [6.45, 7) is 10.8. The monoisotopic (exact) mass is 434 g/mol. The number of hydrogen-bond donors (Lipinski definition) is 0. The molecule has 160 valence electrons. The fourth-order valence-electron chi connectivity index (χ4n) is 4.25. The molecule has 5 heteroatoms. The van der Waals surface area contributed by atoms with Gasteiger partial charge >= 0.3 is 5.97 Å². The van der Waals surface area contributed by atoms with Crippen molar-refractivity contribution in [3.05, 3.63) is 87.2 Å². The topological polar surface area (TPSA) is 43.6 Å². The summed E-state index contributed by atoms with van der Waals surface area (Å²) in [6.07, 6.45) is 1.66. The van der Waals surface area contributed by atoms with Crippen molar-refractivity contribution in [2.75, 3.05) is 0 Å². The van der Waals surface area contributed by atoms with Crippen LogP contribution in [0.15, 0.2) is 53.7 Å². The highest BCUT2D eigenvalue weighted by Gasteiger charge is 2.34. The fraction of sp³-hybridized carbons (Fsp3) is 0.308. The quantitative estimate of drug-likeness (QED) is 0.344. The van der Waals surface area contributed by atoms with Crippen LogP contribution in [0.25, 0.3) is 5.69 Å². The highest BCUT2D eigenvalue weighted by molar-refractivity contribution is 6.30. The Morgan fingerprint density at radius 1 is 1.03 bits per heavy atom. The Morgan fingerprint density at radius 2 is 1.81 bits per heavy atom. The molecule has 1 aromatic heterocycles. The Kier molecular flexibility index (Phi) is 5.52. The predicted octanol–water partition coefficient (Wildman–Crippen LogP) is 6.59. The van der Waals surface area contributed by atoms with Gasteiger partial charge in [0.1, 0.15) is 0 Å². The minimum Gasteiger partial charge on any atom is -0.318 e. The van der Waals surface area contributed by atoms with Gasteiger partial charge in [0.25, 0.3) is 0 Å². The largest absolute Gasteiger partial charge is 0.365 e. The van der Waals surface area contributed by atoms with Gasteiger partial charge in [-0.2, -0.15) is 0 Å². The molecule has 0 saturated heterocycles. The summed E-state index contributed by atoms with van der Waals surface area (Å²) >= 11 is 5.99. The normalized spacial score (nSPS) is 16.3. The number of oxime groups is 1. The van der Waals surface area contributed by atoms with Crippen LogP contribution < -0.4 is 0 Å². The second-order valence-electron chi connectivity index (χ2n) is 9.19. The molecular weight excluding hydrogens is 408 g/mol. The molecule has 0 fully saturated rings. The van der Waals surface area contributed by atoms with E-state index in [1.54, 1.807) is 24.3 Å². The van der Waals surface area contributed by atoms with Crippen molar-refractivity contribution in [1.82, 2.24) is 4.57 Å². The second kappa shape index (κ2) is 8.01. The summed E-state index contributed by atoms with van der Waals surface area (Å²) in [5.74, 6) is -0.509. The lowest BCUT2D eigenvalue weighted by molar-refractivity contribution is 0.0514. The van der Waals surface area contributed by atoms with Gasteiger partial charge in [0.15, 0.2) is 0 Å². The van der Waals surface area contributed by atoms with Gasteiger partial charge in [0.2, 0.25) is 0 Å². The third-order valence-electron chi connectivity index (χ3n) is 5.94. The van der Waals surface area contributed by atoms with E-state index in [-0.39, 0.29) is 5.41 Å². The lowest BCUT2D eigenvalue weighted by Gasteiger charge is -2.31. The van der Waals surface area contributed by atoms with E-state index in [1.807, 2.05) is 0 Å². The van der Waals surface area contributed by atoms with Crippen LogP contribution in [0.4, 0.5) is 0 Å². The van der Waals surface area contributed by atoms with Gasteiger partial charge in [-0.3, -0.25) is 0 Å². The zero-order chi connectivity index (χ0) is 22.3. The number of rotatable bonds is 3. The van der Waals surface area contributed by atoms with Crippen molar-refractivity contribution in [1.29, 1.82) is 0 Å². The summed E-state index contributed by atoms with van der Waals surface area (Å²) in [7, 11) is 0. The number of carbonyl (C=O) groups is 1. The molecule has 0 radical (unpaired) electrons. The molecule has 31 heavy (non-hydrogen) atoms. The van der Waals surface area contributed by atoms with Crippen molar-refractivity contribution in [2.24, 2.45) is 10.6 Å². The third-order valence-corrected chi connectivity index (χ3v) is 6.17. The van der Waals surface area contributed by atoms with Crippen LogP contribution in [0.3, 0.4) is 0 Å². The van der Waals surface area contributed by atoms with Crippen molar-refractivity contribution < 1.29 is 9.63 Å². The minimum absolute atomic E-state index is 0.00339. The Bertz CT molecular complexity index is 1200. The van der Waals surface area contributed by atoms with Gasteiger partial charge in [0.05, 0.1) is 11.3 Å². The predicted molar refractivity (Wildman–Crippen MR) is 125 cm³/mol. The molecule has 0 atom stereocenters. The van der Waals surface area contributed by atoms with Crippen LogP contribution in [-0.2, 0) is 11.3 Å². The van der Waals surface area contributed by atoms with E-state index < -0.39 is 5.97 Å². The SMILES string of the molecule is Cc1ccc(-n2c(C)cc3c2CC(C)(C)C/C3=N\OC(=O)c2cccc(Cl)c2)cc1C. The van der Waals surface area contributed by atoms with Crippen molar-refractivity contribution >= 4 is 23.3 Å². The van der Waals surface area contributed by atoms with Crippen LogP contribution >= 0.6 is 11.6 Å². The van der Waals surface area contributed by atoms with E-state index in [0.717, 1.165) is 35.5 Å². The van der Waals surface area contributed by atoms with Crippen LogP contribution in [0.5, 0.6) is 0 Å². The first-order valence-corrected chi connectivity index (χ1v) is 10.9. The number of benzene rings is 2. The van der Waals surface area contributed by atoms with Crippen LogP contribution in [0, 0.1) is 26.2 Å². The lowest BCUT2D eigenvalue weighted by Crippen LogP contribution is -2.28. The van der Waals surface area contributed by atoms with Crippen molar-refractivity contribution in [3.8, 4) is 5.69 Å². The number of aryl methyl sites for hydroxylation is 3. The molecule has 4 rings (SSSR count). The zero-order valence-electron chi connectivity index (χ0n) is 18.6. The van der Waals surface area contributed by atoms with Crippen molar-refractivity contribution in [2.45, 2.75) is 47.5 Å². The molecular formula is C26H27ClN2O2. The van der Waals surface area contributed by atoms with E-state index in [1.165, 1.54) is 16.8 Å². The number of aromatic nitrogens is 1. The maximum Gasteiger partial charge on any atom is 0.365 e. The van der Waals surface area contributed by atoms with Crippen LogP contribution in [-0.4, -0.2) is 16.2 Å². The van der Waals surface area contributed by atoms with E-state index >= 15 is 0 Å². The summed E-state index contributed by atoms with van der Waals surface area (Å²) in [4.78, 5) is 17.8. The first-order chi connectivity index (χ1) is 14.6. The minimum atomic E-state index is -0.509. The molecule has 1 aliphatic carbocycles. The van der Waals surface area contributed by atoms with Gasteiger partial charge < -0.3 is 9.40 Å². The zero-order valence-corrected chi connectivity index (χ0v) is 19.4. The molecule has 0 amide bonds. The number of nitrogens with zero attached hydrogens (tertiary/aromatic N) is 2. The Hall–Kier alpha value is -2.85. The van der Waals surface area contributed by atoms with Crippen molar-refractivity contribution in [3.63, 3.8) is 0 Å². The van der Waals surface area contributed by atoms with Gasteiger partial charge in [-0.1, -0.05) is 42.7 Å². The second-order valence-corrected chi connectivity index (χ2v) is 9.63. The number of carbonyl (C=O) groups excluding carboxylic acids is 1. The van der Waals surface area contributed by atoms with E-state index in [0.29, 0.717) is 10.6 Å². The van der Waals surface area contributed by atoms with E-state index in [9.17, 15) is 4.79 Å². The summed E-state index contributed by atoms with van der Waals surface area (Å²) in [5.41, 5.74) is 8.26. The lowest BCUT2D eigenvalue weighted by atomic mass is 9.76. The molecule has 0 N–H and O–H groups in total. The number of halogens is 1. The highest BCUT2D eigenvalue weighted by Crippen LogP contribution is 2.38. The first-order valence-electron chi connectivity index (χ1n) is 10.5. The van der Waals surface area contributed by atoms with Gasteiger partial charge in [0, 0.05) is 27.7 Å². The van der Waals surface area contributed by atoms with Crippen LogP contribution in [0.2, 0.25) is 5.02 Å². The van der Waals surface area contributed by atoms with Gasteiger partial charge in [-0.15, -0.1) is 0 Å². The fourth-order valence-corrected chi connectivity index (χ4v) is 4.44. The average Bonchev–Trinajstić information content (AvgIpc) is 3.02. The molecule has 0 saturated carbocycles. The molecule has 0 unspecified atom stereocenters.